The van der Waals surface area contributed by atoms with Crippen molar-refractivity contribution < 1.29 is 4.79 Å². The molecule has 1 aliphatic rings. The number of fused-ring (bicyclic) bond motifs is 1. The van der Waals surface area contributed by atoms with E-state index >= 15 is 0 Å². The van der Waals surface area contributed by atoms with Crippen LogP contribution in [0.25, 0.3) is 11.1 Å². The number of aromatic nitrogens is 2. The van der Waals surface area contributed by atoms with Crippen molar-refractivity contribution in [2.45, 2.75) is 39.0 Å². The Balaban J connectivity index is 2.01. The predicted octanol–water partition coefficient (Wildman–Crippen LogP) is 3.27. The van der Waals surface area contributed by atoms with Crippen molar-refractivity contribution >= 4 is 11.8 Å². The van der Waals surface area contributed by atoms with Gasteiger partial charge in [-0.05, 0) is 41.5 Å². The van der Waals surface area contributed by atoms with Crippen LogP contribution in [0, 0.1) is 0 Å². The van der Waals surface area contributed by atoms with Gasteiger partial charge < -0.3 is 5.73 Å². The summed E-state index contributed by atoms with van der Waals surface area (Å²) in [5.74, 6) is 0.687. The molecule has 0 saturated carbocycles. The van der Waals surface area contributed by atoms with Crippen LogP contribution in [0.3, 0.4) is 0 Å². The first kappa shape index (κ1) is 15.5. The van der Waals surface area contributed by atoms with E-state index in [4.69, 9.17) is 5.73 Å². The molecule has 2 aromatic heterocycles. The zero-order chi connectivity index (χ0) is 16.6. The van der Waals surface area contributed by atoms with Gasteiger partial charge in [0.05, 0.1) is 0 Å². The van der Waals surface area contributed by atoms with Gasteiger partial charge in [-0.1, -0.05) is 20.8 Å². The van der Waals surface area contributed by atoms with E-state index in [9.17, 15) is 4.79 Å². The molecule has 0 atom stereocenters. The first-order valence-electron chi connectivity index (χ1n) is 7.88. The summed E-state index contributed by atoms with van der Waals surface area (Å²) in [6.45, 7) is 7.15. The largest absolute Gasteiger partial charge is 0.351 e. The SMILES string of the molecule is CC(C)(C)c1cncc(-c2cnc3c(c2)CCCN3C(N)=O)c1. The Morgan fingerprint density at radius 1 is 1.17 bits per heavy atom. The molecular weight excluding hydrogens is 288 g/mol. The molecule has 0 saturated heterocycles. The summed E-state index contributed by atoms with van der Waals surface area (Å²) in [4.78, 5) is 21.9. The topological polar surface area (TPSA) is 72.1 Å². The van der Waals surface area contributed by atoms with Crippen LogP contribution in [0.1, 0.15) is 38.3 Å². The van der Waals surface area contributed by atoms with Crippen LogP contribution in [0.4, 0.5) is 10.6 Å². The summed E-state index contributed by atoms with van der Waals surface area (Å²) in [7, 11) is 0. The number of hydrogen-bond acceptors (Lipinski definition) is 3. The number of aryl methyl sites for hydroxylation is 1. The molecule has 0 aliphatic carbocycles. The summed E-state index contributed by atoms with van der Waals surface area (Å²) in [6, 6.07) is 3.81. The summed E-state index contributed by atoms with van der Waals surface area (Å²) in [6.07, 6.45) is 7.37. The summed E-state index contributed by atoms with van der Waals surface area (Å²) >= 11 is 0. The van der Waals surface area contributed by atoms with Gasteiger partial charge in [-0.3, -0.25) is 9.88 Å². The highest BCUT2D eigenvalue weighted by molar-refractivity contribution is 5.91. The molecule has 5 nitrogen and oxygen atoms in total. The Bertz CT molecular complexity index is 749. The molecule has 0 radical (unpaired) electrons. The summed E-state index contributed by atoms with van der Waals surface area (Å²) < 4.78 is 0. The molecule has 0 aromatic carbocycles. The van der Waals surface area contributed by atoms with Gasteiger partial charge in [0, 0.05) is 36.3 Å². The molecule has 2 amide bonds. The minimum absolute atomic E-state index is 0.0490. The number of amides is 2. The summed E-state index contributed by atoms with van der Waals surface area (Å²) in [5.41, 5.74) is 9.80. The lowest BCUT2D eigenvalue weighted by molar-refractivity contribution is 0.253. The van der Waals surface area contributed by atoms with E-state index in [0.29, 0.717) is 12.4 Å². The second-order valence-electron chi connectivity index (χ2n) is 7.01. The summed E-state index contributed by atoms with van der Waals surface area (Å²) in [5, 5.41) is 0. The Hall–Kier alpha value is -2.43. The number of anilines is 1. The molecule has 2 N–H and O–H groups in total. The van der Waals surface area contributed by atoms with Crippen LogP contribution in [-0.2, 0) is 11.8 Å². The fourth-order valence-electron chi connectivity index (χ4n) is 2.84. The molecule has 2 aromatic rings. The van der Waals surface area contributed by atoms with Crippen LogP contribution in [0.2, 0.25) is 0 Å². The number of pyridine rings is 2. The molecule has 5 heteroatoms. The maximum Gasteiger partial charge on any atom is 0.320 e. The Kier molecular flexibility index (Phi) is 3.80. The van der Waals surface area contributed by atoms with Gasteiger partial charge in [0.1, 0.15) is 5.82 Å². The third kappa shape index (κ3) is 3.04. The zero-order valence-corrected chi connectivity index (χ0v) is 13.8. The number of rotatable bonds is 1. The standard InChI is InChI=1S/C18H22N4O/c1-18(2,3)15-8-14(9-20-11-15)13-7-12-5-4-6-22(17(19)23)16(12)21-10-13/h7-11H,4-6H2,1-3H3,(H2,19,23). The van der Waals surface area contributed by atoms with Gasteiger partial charge in [-0.25, -0.2) is 9.78 Å². The molecule has 3 rings (SSSR count). The minimum atomic E-state index is -0.442. The van der Waals surface area contributed by atoms with E-state index in [2.05, 4.69) is 42.9 Å². The number of hydrogen-bond donors (Lipinski definition) is 1. The lowest BCUT2D eigenvalue weighted by Crippen LogP contribution is -2.40. The maximum absolute atomic E-state index is 11.5. The van der Waals surface area contributed by atoms with Crippen LogP contribution >= 0.6 is 0 Å². The average molecular weight is 310 g/mol. The van der Waals surface area contributed by atoms with Gasteiger partial charge in [0.2, 0.25) is 0 Å². The van der Waals surface area contributed by atoms with Crippen LogP contribution < -0.4 is 10.6 Å². The smallest absolute Gasteiger partial charge is 0.320 e. The van der Waals surface area contributed by atoms with Crippen molar-refractivity contribution in [3.8, 4) is 11.1 Å². The Labute approximate surface area is 136 Å². The van der Waals surface area contributed by atoms with Gasteiger partial charge in [-0.15, -0.1) is 0 Å². The van der Waals surface area contributed by atoms with Crippen molar-refractivity contribution in [3.63, 3.8) is 0 Å². The monoisotopic (exact) mass is 310 g/mol. The van der Waals surface area contributed by atoms with E-state index in [1.165, 1.54) is 5.56 Å². The van der Waals surface area contributed by atoms with E-state index in [0.717, 1.165) is 29.5 Å². The van der Waals surface area contributed by atoms with Crippen molar-refractivity contribution in [2.24, 2.45) is 5.73 Å². The number of nitrogens with zero attached hydrogens (tertiary/aromatic N) is 3. The number of urea groups is 1. The molecule has 120 valence electrons. The molecule has 23 heavy (non-hydrogen) atoms. The number of carbonyl (C=O) groups is 1. The van der Waals surface area contributed by atoms with E-state index in [1.807, 2.05) is 12.4 Å². The quantitative estimate of drug-likeness (QED) is 0.878. The lowest BCUT2D eigenvalue weighted by atomic mass is 9.87. The number of carbonyl (C=O) groups excluding carboxylic acids is 1. The molecule has 3 heterocycles. The van der Waals surface area contributed by atoms with Crippen LogP contribution in [0.15, 0.2) is 30.7 Å². The highest BCUT2D eigenvalue weighted by Gasteiger charge is 2.22. The minimum Gasteiger partial charge on any atom is -0.351 e. The molecule has 1 aliphatic heterocycles. The van der Waals surface area contributed by atoms with Crippen molar-refractivity contribution in [3.05, 3.63) is 41.9 Å². The van der Waals surface area contributed by atoms with E-state index in [-0.39, 0.29) is 5.41 Å². The van der Waals surface area contributed by atoms with Gasteiger partial charge in [0.15, 0.2) is 0 Å². The first-order chi connectivity index (χ1) is 10.9. The van der Waals surface area contributed by atoms with Gasteiger partial charge in [-0.2, -0.15) is 0 Å². The zero-order valence-electron chi connectivity index (χ0n) is 13.8. The highest BCUT2D eigenvalue weighted by Crippen LogP contribution is 2.31. The van der Waals surface area contributed by atoms with Crippen LogP contribution in [0.5, 0.6) is 0 Å². The second kappa shape index (κ2) is 5.65. The second-order valence-corrected chi connectivity index (χ2v) is 7.01. The molecule has 0 unspecified atom stereocenters. The first-order valence-corrected chi connectivity index (χ1v) is 7.88. The molecule has 0 fully saturated rings. The predicted molar refractivity (Wildman–Crippen MR) is 91.4 cm³/mol. The molecule has 0 spiro atoms. The molecular formula is C18H22N4O. The molecule has 0 bridgehead atoms. The van der Waals surface area contributed by atoms with E-state index in [1.54, 1.807) is 11.1 Å². The highest BCUT2D eigenvalue weighted by atomic mass is 16.2. The average Bonchev–Trinajstić information content (AvgIpc) is 2.53. The third-order valence-corrected chi connectivity index (χ3v) is 4.23. The number of primary amides is 1. The normalized spacial score (nSPS) is 14.5. The van der Waals surface area contributed by atoms with Gasteiger partial charge in [0.25, 0.3) is 0 Å². The fraction of sp³-hybridized carbons (Fsp3) is 0.389. The maximum atomic E-state index is 11.5. The van der Waals surface area contributed by atoms with Crippen molar-refractivity contribution in [2.75, 3.05) is 11.4 Å². The Morgan fingerprint density at radius 2 is 1.91 bits per heavy atom. The van der Waals surface area contributed by atoms with E-state index < -0.39 is 6.03 Å². The van der Waals surface area contributed by atoms with Gasteiger partial charge >= 0.3 is 6.03 Å². The Morgan fingerprint density at radius 3 is 2.61 bits per heavy atom. The van der Waals surface area contributed by atoms with Crippen molar-refractivity contribution in [1.82, 2.24) is 9.97 Å². The number of nitrogens with two attached hydrogens (primary N) is 1. The third-order valence-electron chi connectivity index (χ3n) is 4.23. The van der Waals surface area contributed by atoms with Crippen LogP contribution in [-0.4, -0.2) is 22.5 Å². The lowest BCUT2D eigenvalue weighted by Gasteiger charge is -2.27. The van der Waals surface area contributed by atoms with Crippen molar-refractivity contribution in [1.29, 1.82) is 0 Å². The fourth-order valence-corrected chi connectivity index (χ4v) is 2.84.